The van der Waals surface area contributed by atoms with Crippen LogP contribution >= 0.6 is 0 Å². The van der Waals surface area contributed by atoms with E-state index >= 15 is 0 Å². The van der Waals surface area contributed by atoms with Crippen LogP contribution in [0.25, 0.3) is 0 Å². The molecular weight excluding hydrogens is 292 g/mol. The fourth-order valence-electron chi connectivity index (χ4n) is 2.89. The number of nitrogens with one attached hydrogen (secondary N) is 1. The van der Waals surface area contributed by atoms with E-state index in [9.17, 15) is 9.59 Å². The monoisotopic (exact) mass is 310 g/mol. The van der Waals surface area contributed by atoms with Crippen molar-refractivity contribution in [3.05, 3.63) is 65.5 Å². The molecule has 1 fully saturated rings. The summed E-state index contributed by atoms with van der Waals surface area (Å²) in [6.45, 7) is 0.642. The van der Waals surface area contributed by atoms with Crippen LogP contribution in [0.5, 0.6) is 0 Å². The lowest BCUT2D eigenvalue weighted by Crippen LogP contribution is -2.35. The summed E-state index contributed by atoms with van der Waals surface area (Å²) < 4.78 is 0. The molecule has 1 aromatic carbocycles. The van der Waals surface area contributed by atoms with Gasteiger partial charge in [-0.25, -0.2) is 9.78 Å². The van der Waals surface area contributed by atoms with Crippen molar-refractivity contribution in [1.82, 2.24) is 10.3 Å². The maximum atomic E-state index is 12.0. The number of aromatic nitrogens is 1. The minimum Gasteiger partial charge on any atom is -0.477 e. The van der Waals surface area contributed by atoms with Gasteiger partial charge in [-0.3, -0.25) is 4.79 Å². The average Bonchev–Trinajstić information content (AvgIpc) is 2.54. The van der Waals surface area contributed by atoms with Crippen LogP contribution in [0.2, 0.25) is 0 Å². The van der Waals surface area contributed by atoms with Crippen molar-refractivity contribution in [2.45, 2.75) is 18.8 Å². The Morgan fingerprint density at radius 1 is 1.13 bits per heavy atom. The largest absolute Gasteiger partial charge is 0.477 e. The van der Waals surface area contributed by atoms with Crippen LogP contribution in [0.4, 0.5) is 0 Å². The van der Waals surface area contributed by atoms with Gasteiger partial charge < -0.3 is 10.4 Å². The fraction of sp³-hybridized carbons (Fsp3) is 0.278. The van der Waals surface area contributed by atoms with Crippen molar-refractivity contribution >= 4 is 11.9 Å². The van der Waals surface area contributed by atoms with E-state index in [2.05, 4.69) is 34.6 Å². The molecule has 0 aliphatic heterocycles. The number of carboxylic acid groups (broad SMARTS) is 1. The predicted octanol–water partition coefficient (Wildman–Crippen LogP) is 2.70. The molecule has 0 bridgehead atoms. The molecule has 1 heterocycles. The maximum Gasteiger partial charge on any atom is 0.354 e. The Kier molecular flexibility index (Phi) is 4.37. The Bertz CT molecular complexity index is 692. The standard InChI is InChI=1S/C18H18N2O3/c21-17(14-6-7-16(18(22)23)19-11-14)20-10-12-8-15(9-12)13-4-2-1-3-5-13/h1-7,11-12,15H,8-10H2,(H,20,21)(H,22,23). The van der Waals surface area contributed by atoms with Gasteiger partial charge >= 0.3 is 5.97 Å². The molecule has 3 rings (SSSR count). The van der Waals surface area contributed by atoms with Crippen molar-refractivity contribution in [1.29, 1.82) is 0 Å². The van der Waals surface area contributed by atoms with E-state index in [1.165, 1.54) is 23.9 Å². The number of benzene rings is 1. The van der Waals surface area contributed by atoms with Crippen LogP contribution in [-0.4, -0.2) is 28.5 Å². The first-order valence-electron chi connectivity index (χ1n) is 7.66. The lowest BCUT2D eigenvalue weighted by atomic mass is 9.71. The van der Waals surface area contributed by atoms with Gasteiger partial charge in [0.15, 0.2) is 0 Å². The van der Waals surface area contributed by atoms with Gasteiger partial charge in [0.25, 0.3) is 5.91 Å². The summed E-state index contributed by atoms with van der Waals surface area (Å²) in [5.41, 5.74) is 1.68. The highest BCUT2D eigenvalue weighted by Crippen LogP contribution is 2.40. The predicted molar refractivity (Wildman–Crippen MR) is 85.4 cm³/mol. The Balaban J connectivity index is 1.46. The molecule has 2 aromatic rings. The second-order valence-electron chi connectivity index (χ2n) is 5.89. The number of amides is 1. The van der Waals surface area contributed by atoms with Gasteiger partial charge in [0.1, 0.15) is 5.69 Å². The molecule has 0 unspecified atom stereocenters. The number of rotatable bonds is 5. The zero-order chi connectivity index (χ0) is 16.2. The van der Waals surface area contributed by atoms with Gasteiger partial charge in [0.05, 0.1) is 5.56 Å². The molecule has 23 heavy (non-hydrogen) atoms. The zero-order valence-electron chi connectivity index (χ0n) is 12.6. The molecular formula is C18H18N2O3. The van der Waals surface area contributed by atoms with E-state index in [1.807, 2.05) is 6.07 Å². The first-order valence-corrected chi connectivity index (χ1v) is 7.66. The molecule has 1 aliphatic carbocycles. The summed E-state index contributed by atoms with van der Waals surface area (Å²) >= 11 is 0. The van der Waals surface area contributed by atoms with Crippen LogP contribution in [0, 0.1) is 5.92 Å². The quantitative estimate of drug-likeness (QED) is 0.890. The van der Waals surface area contributed by atoms with Crippen LogP contribution < -0.4 is 5.32 Å². The topological polar surface area (TPSA) is 79.3 Å². The third-order valence-corrected chi connectivity index (χ3v) is 4.30. The van der Waals surface area contributed by atoms with Crippen molar-refractivity contribution in [3.63, 3.8) is 0 Å². The van der Waals surface area contributed by atoms with Crippen molar-refractivity contribution < 1.29 is 14.7 Å². The minimum absolute atomic E-state index is 0.0637. The Morgan fingerprint density at radius 3 is 2.48 bits per heavy atom. The van der Waals surface area contributed by atoms with Gasteiger partial charge in [-0.15, -0.1) is 0 Å². The van der Waals surface area contributed by atoms with E-state index in [0.29, 0.717) is 23.9 Å². The second-order valence-corrected chi connectivity index (χ2v) is 5.89. The number of carbonyl (C=O) groups is 2. The third kappa shape index (κ3) is 3.56. The first kappa shape index (κ1) is 15.2. The highest BCUT2D eigenvalue weighted by molar-refractivity contribution is 5.94. The van der Waals surface area contributed by atoms with Crippen LogP contribution in [0.15, 0.2) is 48.7 Å². The lowest BCUT2D eigenvalue weighted by molar-refractivity contribution is 0.0689. The number of hydrogen-bond acceptors (Lipinski definition) is 3. The molecule has 5 nitrogen and oxygen atoms in total. The molecule has 0 radical (unpaired) electrons. The molecule has 0 atom stereocenters. The van der Waals surface area contributed by atoms with Gasteiger partial charge in [-0.05, 0) is 42.4 Å². The average molecular weight is 310 g/mol. The number of pyridine rings is 1. The van der Waals surface area contributed by atoms with E-state index in [-0.39, 0.29) is 11.6 Å². The molecule has 1 aromatic heterocycles. The lowest BCUT2D eigenvalue weighted by Gasteiger charge is -2.35. The second kappa shape index (κ2) is 6.60. The number of carbonyl (C=O) groups excluding carboxylic acids is 1. The highest BCUT2D eigenvalue weighted by atomic mass is 16.4. The van der Waals surface area contributed by atoms with Gasteiger partial charge in [-0.2, -0.15) is 0 Å². The van der Waals surface area contributed by atoms with Crippen LogP contribution in [0.3, 0.4) is 0 Å². The number of aromatic carboxylic acids is 1. The smallest absolute Gasteiger partial charge is 0.354 e. The van der Waals surface area contributed by atoms with Gasteiger partial charge in [0.2, 0.25) is 0 Å². The van der Waals surface area contributed by atoms with Crippen molar-refractivity contribution in [2.24, 2.45) is 5.92 Å². The maximum absolute atomic E-state index is 12.0. The van der Waals surface area contributed by atoms with Crippen molar-refractivity contribution in [3.8, 4) is 0 Å². The molecule has 1 amide bonds. The fourth-order valence-corrected chi connectivity index (χ4v) is 2.89. The molecule has 5 heteroatoms. The van der Waals surface area contributed by atoms with Gasteiger partial charge in [-0.1, -0.05) is 30.3 Å². The molecule has 0 saturated heterocycles. The third-order valence-electron chi connectivity index (χ3n) is 4.30. The molecule has 118 valence electrons. The Morgan fingerprint density at radius 2 is 1.87 bits per heavy atom. The van der Waals surface area contributed by atoms with E-state index in [0.717, 1.165) is 12.8 Å². The molecule has 2 N–H and O–H groups in total. The minimum atomic E-state index is -1.10. The molecule has 1 saturated carbocycles. The molecule has 1 aliphatic rings. The van der Waals surface area contributed by atoms with E-state index in [4.69, 9.17) is 5.11 Å². The van der Waals surface area contributed by atoms with Crippen LogP contribution in [0.1, 0.15) is 45.2 Å². The summed E-state index contributed by atoms with van der Waals surface area (Å²) in [6.07, 6.45) is 3.47. The summed E-state index contributed by atoms with van der Waals surface area (Å²) in [4.78, 5) is 26.5. The highest BCUT2D eigenvalue weighted by Gasteiger charge is 2.30. The van der Waals surface area contributed by atoms with Gasteiger partial charge in [0, 0.05) is 12.7 Å². The normalized spacial score (nSPS) is 19.7. The van der Waals surface area contributed by atoms with E-state index < -0.39 is 5.97 Å². The number of hydrogen-bond donors (Lipinski definition) is 2. The Labute approximate surface area is 134 Å². The number of nitrogens with zero attached hydrogens (tertiary/aromatic N) is 1. The summed E-state index contributed by atoms with van der Waals surface area (Å²) in [5, 5.41) is 11.7. The molecule has 0 spiro atoms. The summed E-state index contributed by atoms with van der Waals surface area (Å²) in [5.74, 6) is -0.221. The summed E-state index contributed by atoms with van der Waals surface area (Å²) in [6, 6.07) is 13.2. The van der Waals surface area contributed by atoms with Crippen LogP contribution in [-0.2, 0) is 0 Å². The zero-order valence-corrected chi connectivity index (χ0v) is 12.6. The Hall–Kier alpha value is -2.69. The SMILES string of the molecule is O=C(NCC1CC(c2ccccc2)C1)c1ccc(C(=O)O)nc1. The van der Waals surface area contributed by atoms with Crippen molar-refractivity contribution in [2.75, 3.05) is 6.54 Å². The van der Waals surface area contributed by atoms with E-state index in [1.54, 1.807) is 0 Å². The summed E-state index contributed by atoms with van der Waals surface area (Å²) in [7, 11) is 0. The number of carboxylic acids is 1. The first-order chi connectivity index (χ1) is 11.1.